The second-order valence-electron chi connectivity index (χ2n) is 7.92. The van der Waals surface area contributed by atoms with Crippen LogP contribution >= 0.6 is 24.0 Å². The van der Waals surface area contributed by atoms with Crippen molar-refractivity contribution < 1.29 is 4.52 Å². The molecule has 4 heterocycles. The molecule has 2 aromatic rings. The minimum absolute atomic E-state index is 0. The van der Waals surface area contributed by atoms with Crippen LogP contribution in [-0.2, 0) is 6.42 Å². The van der Waals surface area contributed by atoms with Gasteiger partial charge in [-0.05, 0) is 50.4 Å². The number of likely N-dealkylation sites (tertiary alicyclic amines) is 2. The summed E-state index contributed by atoms with van der Waals surface area (Å²) in [5, 5.41) is 7.52. The van der Waals surface area contributed by atoms with Crippen LogP contribution in [0.25, 0.3) is 11.6 Å². The largest absolute Gasteiger partial charge is 0.356 e. The van der Waals surface area contributed by atoms with Crippen molar-refractivity contribution in [2.24, 2.45) is 10.9 Å². The van der Waals surface area contributed by atoms with Crippen LogP contribution in [0.5, 0.6) is 0 Å². The Morgan fingerprint density at radius 2 is 2.10 bits per heavy atom. The maximum absolute atomic E-state index is 5.32. The van der Waals surface area contributed by atoms with Gasteiger partial charge in [-0.15, -0.1) is 24.0 Å². The zero-order chi connectivity index (χ0) is 19.9. The van der Waals surface area contributed by atoms with Crippen molar-refractivity contribution in [3.8, 4) is 11.6 Å². The van der Waals surface area contributed by atoms with Crippen LogP contribution in [-0.4, -0.2) is 77.2 Å². The molecule has 8 nitrogen and oxygen atoms in total. The minimum Gasteiger partial charge on any atom is -0.356 e. The van der Waals surface area contributed by atoms with E-state index in [2.05, 4.69) is 35.2 Å². The SMILES string of the molecule is CN=C(NCCc1noc(-c2ccccn2)n1)N1CCC(CN2CCCCC2)C1.I. The molecule has 1 unspecified atom stereocenters. The van der Waals surface area contributed by atoms with Gasteiger partial charge in [-0.1, -0.05) is 17.6 Å². The number of pyridine rings is 1. The van der Waals surface area contributed by atoms with E-state index >= 15 is 0 Å². The Morgan fingerprint density at radius 1 is 1.23 bits per heavy atom. The number of nitrogens with one attached hydrogen (secondary N) is 1. The molecule has 2 aromatic heterocycles. The minimum atomic E-state index is 0. The predicted octanol–water partition coefficient (Wildman–Crippen LogP) is 2.68. The monoisotopic (exact) mass is 525 g/mol. The van der Waals surface area contributed by atoms with E-state index < -0.39 is 0 Å². The van der Waals surface area contributed by atoms with Crippen molar-refractivity contribution in [2.45, 2.75) is 32.1 Å². The molecule has 0 aliphatic carbocycles. The first-order valence-electron chi connectivity index (χ1n) is 10.7. The van der Waals surface area contributed by atoms with Crippen LogP contribution in [0.4, 0.5) is 0 Å². The van der Waals surface area contributed by atoms with Gasteiger partial charge in [-0.25, -0.2) is 0 Å². The third-order valence-electron chi connectivity index (χ3n) is 5.75. The first-order chi connectivity index (χ1) is 14.3. The van der Waals surface area contributed by atoms with Crippen molar-refractivity contribution in [2.75, 3.05) is 46.3 Å². The molecule has 2 fully saturated rings. The highest BCUT2D eigenvalue weighted by atomic mass is 127. The van der Waals surface area contributed by atoms with E-state index in [-0.39, 0.29) is 24.0 Å². The van der Waals surface area contributed by atoms with Gasteiger partial charge in [0, 0.05) is 45.8 Å². The highest BCUT2D eigenvalue weighted by molar-refractivity contribution is 14.0. The molecule has 164 valence electrons. The molecule has 9 heteroatoms. The lowest BCUT2D eigenvalue weighted by molar-refractivity contribution is 0.198. The number of hydrogen-bond donors (Lipinski definition) is 1. The van der Waals surface area contributed by atoms with Gasteiger partial charge < -0.3 is 19.6 Å². The fraction of sp³-hybridized carbons (Fsp3) is 0.619. The summed E-state index contributed by atoms with van der Waals surface area (Å²) in [6.07, 6.45) is 7.76. The molecule has 30 heavy (non-hydrogen) atoms. The van der Waals surface area contributed by atoms with Gasteiger partial charge in [0.2, 0.25) is 0 Å². The fourth-order valence-electron chi connectivity index (χ4n) is 4.25. The standard InChI is InChI=1S/C21H31N7O.HI/c1-22-21(28-14-9-17(16-28)15-27-12-5-2-6-13-27)24-11-8-19-25-20(29-26-19)18-7-3-4-10-23-18;/h3-4,7,10,17H,2,5-6,8-9,11-16H2,1H3,(H,22,24);1H. The quantitative estimate of drug-likeness (QED) is 0.353. The van der Waals surface area contributed by atoms with Crippen LogP contribution in [0, 0.1) is 5.92 Å². The van der Waals surface area contributed by atoms with Crippen LogP contribution in [0.3, 0.4) is 0 Å². The Balaban J connectivity index is 0.00000256. The second-order valence-corrected chi connectivity index (χ2v) is 7.92. The molecule has 2 saturated heterocycles. The Bertz CT molecular complexity index is 792. The van der Waals surface area contributed by atoms with Crippen molar-refractivity contribution in [1.29, 1.82) is 0 Å². The second kappa shape index (κ2) is 11.6. The van der Waals surface area contributed by atoms with Gasteiger partial charge in [-0.3, -0.25) is 9.98 Å². The molecule has 2 aliphatic rings. The number of piperidine rings is 1. The molecule has 0 bridgehead atoms. The summed E-state index contributed by atoms with van der Waals surface area (Å²) in [6, 6.07) is 5.64. The van der Waals surface area contributed by atoms with E-state index in [0.717, 1.165) is 31.5 Å². The molecule has 0 radical (unpaired) electrons. The van der Waals surface area contributed by atoms with Crippen molar-refractivity contribution in [3.63, 3.8) is 0 Å². The summed E-state index contributed by atoms with van der Waals surface area (Å²) >= 11 is 0. The van der Waals surface area contributed by atoms with Crippen LogP contribution in [0.2, 0.25) is 0 Å². The van der Waals surface area contributed by atoms with E-state index in [4.69, 9.17) is 4.52 Å². The first kappa shape index (κ1) is 22.9. The predicted molar refractivity (Wildman–Crippen MR) is 128 cm³/mol. The summed E-state index contributed by atoms with van der Waals surface area (Å²) in [5.41, 5.74) is 0.701. The van der Waals surface area contributed by atoms with Crippen LogP contribution in [0.1, 0.15) is 31.5 Å². The van der Waals surface area contributed by atoms with Gasteiger partial charge >= 0.3 is 0 Å². The maximum atomic E-state index is 5.32. The summed E-state index contributed by atoms with van der Waals surface area (Å²) in [7, 11) is 1.85. The Labute approximate surface area is 195 Å². The van der Waals surface area contributed by atoms with Crippen molar-refractivity contribution in [3.05, 3.63) is 30.2 Å². The number of hydrogen-bond acceptors (Lipinski definition) is 6. The smallest absolute Gasteiger partial charge is 0.276 e. The number of aromatic nitrogens is 3. The summed E-state index contributed by atoms with van der Waals surface area (Å²) < 4.78 is 5.32. The molecule has 0 spiro atoms. The molecule has 0 saturated carbocycles. The maximum Gasteiger partial charge on any atom is 0.276 e. The zero-order valence-electron chi connectivity index (χ0n) is 17.7. The average Bonchev–Trinajstić information content (AvgIpc) is 3.43. The number of halogens is 1. The summed E-state index contributed by atoms with van der Waals surface area (Å²) in [6.45, 7) is 6.66. The number of aliphatic imine (C=N–C) groups is 1. The molecule has 2 aliphatic heterocycles. The van der Waals surface area contributed by atoms with Crippen molar-refractivity contribution >= 4 is 29.9 Å². The van der Waals surface area contributed by atoms with E-state index in [9.17, 15) is 0 Å². The normalized spacial score (nSPS) is 20.2. The van der Waals surface area contributed by atoms with Gasteiger partial charge in [-0.2, -0.15) is 4.98 Å². The third-order valence-corrected chi connectivity index (χ3v) is 5.75. The van der Waals surface area contributed by atoms with E-state index in [1.807, 2.05) is 25.2 Å². The molecule has 4 rings (SSSR count). The van der Waals surface area contributed by atoms with Gasteiger partial charge in [0.1, 0.15) is 5.69 Å². The Morgan fingerprint density at radius 3 is 2.87 bits per heavy atom. The summed E-state index contributed by atoms with van der Waals surface area (Å²) in [5.74, 6) is 2.85. The lowest BCUT2D eigenvalue weighted by Crippen LogP contribution is -2.42. The van der Waals surface area contributed by atoms with Gasteiger partial charge in [0.25, 0.3) is 5.89 Å². The first-order valence-corrected chi connectivity index (χ1v) is 10.7. The van der Waals surface area contributed by atoms with E-state index in [1.165, 1.54) is 45.3 Å². The highest BCUT2D eigenvalue weighted by Gasteiger charge is 2.26. The third kappa shape index (κ3) is 6.13. The van der Waals surface area contributed by atoms with Crippen LogP contribution in [0.15, 0.2) is 33.9 Å². The highest BCUT2D eigenvalue weighted by Crippen LogP contribution is 2.20. The molecular weight excluding hydrogens is 493 g/mol. The number of rotatable bonds is 6. The van der Waals surface area contributed by atoms with Crippen molar-refractivity contribution in [1.82, 2.24) is 30.2 Å². The van der Waals surface area contributed by atoms with Gasteiger partial charge in [0.05, 0.1) is 0 Å². The Kier molecular flexibility index (Phi) is 8.86. The molecular formula is C21H32IN7O. The average molecular weight is 525 g/mol. The Hall–Kier alpha value is -1.75. The summed E-state index contributed by atoms with van der Waals surface area (Å²) in [4.78, 5) is 18.2. The van der Waals surface area contributed by atoms with Crippen LogP contribution < -0.4 is 5.32 Å². The number of guanidine groups is 1. The molecule has 1 N–H and O–H groups in total. The lowest BCUT2D eigenvalue weighted by Gasteiger charge is -2.29. The topological polar surface area (TPSA) is 82.7 Å². The zero-order valence-corrected chi connectivity index (χ0v) is 20.0. The van der Waals surface area contributed by atoms with E-state index in [0.29, 0.717) is 23.8 Å². The fourth-order valence-corrected chi connectivity index (χ4v) is 4.25. The number of nitrogens with zero attached hydrogens (tertiary/aromatic N) is 6. The molecule has 1 atom stereocenters. The molecule has 0 amide bonds. The van der Waals surface area contributed by atoms with E-state index in [1.54, 1.807) is 6.20 Å². The molecule has 0 aromatic carbocycles. The lowest BCUT2D eigenvalue weighted by atomic mass is 10.1. The van der Waals surface area contributed by atoms with Gasteiger partial charge in [0.15, 0.2) is 11.8 Å².